The summed E-state index contributed by atoms with van der Waals surface area (Å²) >= 11 is 5.78. The second-order valence-corrected chi connectivity index (χ2v) is 8.18. The number of hydrogen-bond donors (Lipinski definition) is 2. The zero-order valence-corrected chi connectivity index (χ0v) is 17.9. The van der Waals surface area contributed by atoms with Crippen LogP contribution in [0.5, 0.6) is 0 Å². The Morgan fingerprint density at radius 1 is 1.29 bits per heavy atom. The van der Waals surface area contributed by atoms with E-state index in [2.05, 4.69) is 15.7 Å². The zero-order valence-electron chi connectivity index (χ0n) is 17.1. The van der Waals surface area contributed by atoms with Crippen LogP contribution >= 0.6 is 11.6 Å². The van der Waals surface area contributed by atoms with Crippen LogP contribution in [0.2, 0.25) is 5.02 Å². The SMILES string of the molecule is CC(=O)NC1CN(C)C(=O)c2c3c(nn2C1)CCN(C(=O)Nc1ccc(F)c(Cl)c1)C3. The number of carbonyl (C=O) groups is 3. The topological polar surface area (TPSA) is 99.6 Å². The monoisotopic (exact) mass is 448 g/mol. The molecule has 2 N–H and O–H groups in total. The van der Waals surface area contributed by atoms with Crippen LogP contribution in [0.3, 0.4) is 0 Å². The van der Waals surface area contributed by atoms with Crippen molar-refractivity contribution in [3.8, 4) is 0 Å². The van der Waals surface area contributed by atoms with Crippen molar-refractivity contribution < 1.29 is 18.8 Å². The van der Waals surface area contributed by atoms with E-state index in [9.17, 15) is 18.8 Å². The smallest absolute Gasteiger partial charge is 0.322 e. The Morgan fingerprint density at radius 2 is 2.06 bits per heavy atom. The number of nitrogens with one attached hydrogen (secondary N) is 2. The molecule has 0 radical (unpaired) electrons. The standard InChI is InChI=1S/C20H22ClFN6O3/c1-11(29)23-13-8-26(2)19(30)18-14-10-27(6-5-17(14)25-28(18)9-13)20(31)24-12-3-4-16(22)15(21)7-12/h3-4,7,13H,5-6,8-10H2,1-2H3,(H,23,29)(H,24,31). The largest absolute Gasteiger partial charge is 0.350 e. The van der Waals surface area contributed by atoms with Gasteiger partial charge in [0.15, 0.2) is 0 Å². The van der Waals surface area contributed by atoms with Gasteiger partial charge in [-0.3, -0.25) is 14.3 Å². The van der Waals surface area contributed by atoms with Gasteiger partial charge in [0.25, 0.3) is 5.91 Å². The lowest BCUT2D eigenvalue weighted by molar-refractivity contribution is -0.119. The second kappa shape index (κ2) is 8.18. The highest BCUT2D eigenvalue weighted by molar-refractivity contribution is 6.31. The lowest BCUT2D eigenvalue weighted by atomic mass is 10.0. The third-order valence-corrected chi connectivity index (χ3v) is 5.69. The van der Waals surface area contributed by atoms with Gasteiger partial charge in [0.05, 0.1) is 29.8 Å². The molecule has 0 bridgehead atoms. The molecule has 164 valence electrons. The predicted molar refractivity (Wildman–Crippen MR) is 111 cm³/mol. The van der Waals surface area contributed by atoms with Gasteiger partial charge < -0.3 is 20.4 Å². The first-order valence-corrected chi connectivity index (χ1v) is 10.2. The normalized spacial score (nSPS) is 18.2. The first-order chi connectivity index (χ1) is 14.7. The van der Waals surface area contributed by atoms with Crippen LogP contribution in [0, 0.1) is 5.82 Å². The molecule has 1 atom stereocenters. The molecule has 2 aliphatic heterocycles. The van der Waals surface area contributed by atoms with Crippen molar-refractivity contribution in [1.29, 1.82) is 0 Å². The second-order valence-electron chi connectivity index (χ2n) is 7.77. The highest BCUT2D eigenvalue weighted by Gasteiger charge is 2.34. The minimum absolute atomic E-state index is 0.0805. The summed E-state index contributed by atoms with van der Waals surface area (Å²) in [6.45, 7) is 2.82. The lowest BCUT2D eigenvalue weighted by Gasteiger charge is -2.27. The Balaban J connectivity index is 1.56. The molecular formula is C20H22ClFN6O3. The minimum atomic E-state index is -0.565. The van der Waals surface area contributed by atoms with Crippen LogP contribution in [-0.4, -0.2) is 63.6 Å². The number of hydrogen-bond acceptors (Lipinski definition) is 4. The minimum Gasteiger partial charge on any atom is -0.350 e. The van der Waals surface area contributed by atoms with Gasteiger partial charge in [0, 0.05) is 44.7 Å². The number of aromatic nitrogens is 2. The van der Waals surface area contributed by atoms with Crippen molar-refractivity contribution in [2.45, 2.75) is 32.5 Å². The summed E-state index contributed by atoms with van der Waals surface area (Å²) in [5.74, 6) is -0.936. The third-order valence-electron chi connectivity index (χ3n) is 5.40. The van der Waals surface area contributed by atoms with Gasteiger partial charge in [-0.25, -0.2) is 9.18 Å². The first-order valence-electron chi connectivity index (χ1n) is 9.85. The maximum Gasteiger partial charge on any atom is 0.322 e. The molecule has 0 aliphatic carbocycles. The van der Waals surface area contributed by atoms with E-state index in [4.69, 9.17) is 11.6 Å². The van der Waals surface area contributed by atoms with Crippen LogP contribution < -0.4 is 10.6 Å². The number of carbonyl (C=O) groups excluding carboxylic acids is 3. The number of urea groups is 1. The van der Waals surface area contributed by atoms with Crippen LogP contribution in [0.4, 0.5) is 14.9 Å². The van der Waals surface area contributed by atoms with E-state index in [1.807, 2.05) is 0 Å². The quantitative estimate of drug-likeness (QED) is 0.732. The summed E-state index contributed by atoms with van der Waals surface area (Å²) in [6, 6.07) is 3.33. The van der Waals surface area contributed by atoms with Crippen molar-refractivity contribution in [3.63, 3.8) is 0 Å². The molecular weight excluding hydrogens is 427 g/mol. The summed E-state index contributed by atoms with van der Waals surface area (Å²) in [5, 5.41) is 10.1. The number of amides is 4. The van der Waals surface area contributed by atoms with Crippen molar-refractivity contribution in [1.82, 2.24) is 24.9 Å². The van der Waals surface area contributed by atoms with Crippen LogP contribution in [0.25, 0.3) is 0 Å². The Labute approximate surface area is 183 Å². The first kappa shape index (κ1) is 21.1. The summed E-state index contributed by atoms with van der Waals surface area (Å²) < 4.78 is 15.0. The van der Waals surface area contributed by atoms with E-state index in [1.165, 1.54) is 25.1 Å². The van der Waals surface area contributed by atoms with Crippen LogP contribution in [-0.2, 0) is 24.3 Å². The van der Waals surface area contributed by atoms with Gasteiger partial charge in [0.2, 0.25) is 5.91 Å². The fourth-order valence-corrected chi connectivity index (χ4v) is 4.17. The average Bonchev–Trinajstić information content (AvgIpc) is 3.01. The van der Waals surface area contributed by atoms with E-state index in [-0.39, 0.29) is 35.5 Å². The number of halogens is 2. The van der Waals surface area contributed by atoms with Crippen molar-refractivity contribution >= 4 is 35.1 Å². The van der Waals surface area contributed by atoms with E-state index < -0.39 is 5.82 Å². The number of rotatable bonds is 2. The molecule has 4 rings (SSSR count). The maximum absolute atomic E-state index is 13.4. The van der Waals surface area contributed by atoms with Crippen molar-refractivity contribution in [2.75, 3.05) is 25.5 Å². The molecule has 4 amide bonds. The molecule has 0 spiro atoms. The van der Waals surface area contributed by atoms with E-state index >= 15 is 0 Å². The van der Waals surface area contributed by atoms with Gasteiger partial charge in [-0.05, 0) is 18.2 Å². The van der Waals surface area contributed by atoms with Gasteiger partial charge in [-0.15, -0.1) is 0 Å². The fraction of sp³-hybridized carbons (Fsp3) is 0.400. The van der Waals surface area contributed by atoms with Crippen LogP contribution in [0.1, 0.15) is 28.7 Å². The molecule has 0 fully saturated rings. The Bertz CT molecular complexity index is 1070. The summed E-state index contributed by atoms with van der Waals surface area (Å²) in [6.07, 6.45) is 0.495. The molecule has 0 saturated carbocycles. The number of nitrogens with zero attached hydrogens (tertiary/aromatic N) is 4. The molecule has 11 heteroatoms. The van der Waals surface area contributed by atoms with E-state index in [0.717, 1.165) is 5.69 Å². The van der Waals surface area contributed by atoms with E-state index in [1.54, 1.807) is 21.5 Å². The van der Waals surface area contributed by atoms with Crippen molar-refractivity contribution in [2.24, 2.45) is 0 Å². The third kappa shape index (κ3) is 4.20. The Morgan fingerprint density at radius 3 is 2.77 bits per heavy atom. The van der Waals surface area contributed by atoms with Crippen molar-refractivity contribution in [3.05, 3.63) is 46.0 Å². The Hall–Kier alpha value is -3.14. The molecule has 1 aromatic heterocycles. The molecule has 2 aromatic rings. The highest BCUT2D eigenvalue weighted by atomic mass is 35.5. The number of anilines is 1. The number of fused-ring (bicyclic) bond motifs is 3. The fourth-order valence-electron chi connectivity index (χ4n) is 3.99. The zero-order chi connectivity index (χ0) is 22.3. The van der Waals surface area contributed by atoms with Gasteiger partial charge in [0.1, 0.15) is 11.5 Å². The van der Waals surface area contributed by atoms with Gasteiger partial charge in [-0.2, -0.15) is 5.10 Å². The molecule has 1 aromatic carbocycles. The van der Waals surface area contributed by atoms with Crippen LogP contribution in [0.15, 0.2) is 18.2 Å². The number of benzene rings is 1. The molecule has 2 aliphatic rings. The molecule has 3 heterocycles. The summed E-state index contributed by atoms with van der Waals surface area (Å²) in [7, 11) is 1.68. The van der Waals surface area contributed by atoms with Gasteiger partial charge in [-0.1, -0.05) is 11.6 Å². The maximum atomic E-state index is 13.4. The number of likely N-dealkylation sites (N-methyl/N-ethyl adjacent to an activating group) is 1. The highest BCUT2D eigenvalue weighted by Crippen LogP contribution is 2.26. The summed E-state index contributed by atoms with van der Waals surface area (Å²) in [5.41, 5.74) is 2.30. The van der Waals surface area contributed by atoms with E-state index in [0.29, 0.717) is 43.0 Å². The lowest BCUT2D eigenvalue weighted by Crippen LogP contribution is -2.43. The average molecular weight is 449 g/mol. The molecule has 31 heavy (non-hydrogen) atoms. The molecule has 1 unspecified atom stereocenters. The predicted octanol–water partition coefficient (Wildman–Crippen LogP) is 1.86. The summed E-state index contributed by atoms with van der Waals surface area (Å²) in [4.78, 5) is 40.4. The molecule has 9 nitrogen and oxygen atoms in total. The van der Waals surface area contributed by atoms with Gasteiger partial charge >= 0.3 is 6.03 Å². The molecule has 0 saturated heterocycles. The Kier molecular flexibility index (Phi) is 5.57.